The summed E-state index contributed by atoms with van der Waals surface area (Å²) in [7, 11) is 2.02. The predicted octanol–water partition coefficient (Wildman–Crippen LogP) is 1.79. The smallest absolute Gasteiger partial charge is 0.251 e. The Balaban J connectivity index is 2.65. The van der Waals surface area contributed by atoms with Gasteiger partial charge in [0, 0.05) is 31.4 Å². The third-order valence-electron chi connectivity index (χ3n) is 3.22. The van der Waals surface area contributed by atoms with E-state index in [9.17, 15) is 9.59 Å². The Morgan fingerprint density at radius 2 is 1.81 bits per heavy atom. The first-order valence-electron chi connectivity index (χ1n) is 7.39. The molecule has 5 nitrogen and oxygen atoms in total. The Morgan fingerprint density at radius 3 is 2.33 bits per heavy atom. The molecule has 21 heavy (non-hydrogen) atoms. The second-order valence-corrected chi connectivity index (χ2v) is 5.06. The fourth-order valence-corrected chi connectivity index (χ4v) is 2.00. The summed E-state index contributed by atoms with van der Waals surface area (Å²) in [6.07, 6.45) is 1.07. The highest BCUT2D eigenvalue weighted by molar-refractivity contribution is 5.97. The molecule has 0 heterocycles. The molecule has 0 aliphatic rings. The molecule has 0 radical (unpaired) electrons. The summed E-state index contributed by atoms with van der Waals surface area (Å²) in [6, 6.07) is 6.85. The summed E-state index contributed by atoms with van der Waals surface area (Å²) in [5, 5.41) is 5.37. The number of nitrogens with one attached hydrogen (secondary N) is 2. The van der Waals surface area contributed by atoms with Crippen LogP contribution in [0.1, 0.15) is 37.6 Å². The van der Waals surface area contributed by atoms with Crippen LogP contribution in [-0.4, -0.2) is 38.0 Å². The average Bonchev–Trinajstić information content (AvgIpc) is 2.47. The van der Waals surface area contributed by atoms with Gasteiger partial charge in [-0.2, -0.15) is 0 Å². The zero-order chi connectivity index (χ0) is 15.8. The molecule has 0 saturated carbocycles. The van der Waals surface area contributed by atoms with Crippen LogP contribution in [0.3, 0.4) is 0 Å². The van der Waals surface area contributed by atoms with Gasteiger partial charge in [-0.3, -0.25) is 9.59 Å². The van der Waals surface area contributed by atoms with E-state index in [1.807, 2.05) is 26.1 Å². The summed E-state index contributed by atoms with van der Waals surface area (Å²) >= 11 is 0. The molecule has 0 saturated heterocycles. The SMILES string of the molecule is CCCN(C)c1ccc(C(=O)NC(C)C(=O)NCC)cc1. The van der Waals surface area contributed by atoms with Gasteiger partial charge in [0.2, 0.25) is 5.91 Å². The van der Waals surface area contributed by atoms with Crippen LogP contribution in [-0.2, 0) is 4.79 Å². The largest absolute Gasteiger partial charge is 0.375 e. The van der Waals surface area contributed by atoms with Crippen molar-refractivity contribution in [3.8, 4) is 0 Å². The third-order valence-corrected chi connectivity index (χ3v) is 3.22. The van der Waals surface area contributed by atoms with Crippen LogP contribution in [0.2, 0.25) is 0 Å². The quantitative estimate of drug-likeness (QED) is 0.805. The number of nitrogens with zero attached hydrogens (tertiary/aromatic N) is 1. The molecule has 0 aliphatic heterocycles. The van der Waals surface area contributed by atoms with Gasteiger partial charge in [-0.05, 0) is 44.5 Å². The number of amides is 2. The van der Waals surface area contributed by atoms with E-state index in [-0.39, 0.29) is 11.8 Å². The maximum atomic E-state index is 12.1. The molecule has 2 N–H and O–H groups in total. The number of carbonyl (C=O) groups is 2. The Labute approximate surface area is 126 Å². The van der Waals surface area contributed by atoms with Crippen molar-refractivity contribution in [1.29, 1.82) is 0 Å². The van der Waals surface area contributed by atoms with E-state index >= 15 is 0 Å². The van der Waals surface area contributed by atoms with Gasteiger partial charge in [0.25, 0.3) is 5.91 Å². The van der Waals surface area contributed by atoms with Gasteiger partial charge in [0.1, 0.15) is 6.04 Å². The van der Waals surface area contributed by atoms with Crippen molar-refractivity contribution in [2.45, 2.75) is 33.2 Å². The maximum absolute atomic E-state index is 12.1. The highest BCUT2D eigenvalue weighted by Gasteiger charge is 2.15. The number of hydrogen-bond acceptors (Lipinski definition) is 3. The van der Waals surface area contributed by atoms with E-state index in [0.717, 1.165) is 18.7 Å². The number of rotatable bonds is 7. The van der Waals surface area contributed by atoms with Crippen molar-refractivity contribution in [3.05, 3.63) is 29.8 Å². The first-order chi connectivity index (χ1) is 9.99. The van der Waals surface area contributed by atoms with E-state index in [4.69, 9.17) is 0 Å². The van der Waals surface area contributed by atoms with Crippen LogP contribution in [0, 0.1) is 0 Å². The monoisotopic (exact) mass is 291 g/mol. The highest BCUT2D eigenvalue weighted by Crippen LogP contribution is 2.14. The van der Waals surface area contributed by atoms with Crippen LogP contribution in [0.5, 0.6) is 0 Å². The highest BCUT2D eigenvalue weighted by atomic mass is 16.2. The molecule has 0 aromatic heterocycles. The molecular weight excluding hydrogens is 266 g/mol. The molecule has 0 fully saturated rings. The lowest BCUT2D eigenvalue weighted by Gasteiger charge is -2.18. The van der Waals surface area contributed by atoms with Gasteiger partial charge in [0.05, 0.1) is 0 Å². The van der Waals surface area contributed by atoms with Gasteiger partial charge in [-0.15, -0.1) is 0 Å². The van der Waals surface area contributed by atoms with Gasteiger partial charge < -0.3 is 15.5 Å². The van der Waals surface area contributed by atoms with Crippen LogP contribution in [0.25, 0.3) is 0 Å². The Morgan fingerprint density at radius 1 is 1.19 bits per heavy atom. The second-order valence-electron chi connectivity index (χ2n) is 5.06. The standard InChI is InChI=1S/C16H25N3O2/c1-5-11-19(4)14-9-7-13(8-10-14)16(21)18-12(3)15(20)17-6-2/h7-10,12H,5-6,11H2,1-4H3,(H,17,20)(H,18,21). The van der Waals surface area contributed by atoms with Crippen molar-refractivity contribution < 1.29 is 9.59 Å². The first-order valence-corrected chi connectivity index (χ1v) is 7.39. The number of hydrogen-bond donors (Lipinski definition) is 2. The Hall–Kier alpha value is -2.04. The minimum Gasteiger partial charge on any atom is -0.375 e. The van der Waals surface area contributed by atoms with Crippen molar-refractivity contribution in [2.75, 3.05) is 25.0 Å². The number of likely N-dealkylation sites (N-methyl/N-ethyl adjacent to an activating group) is 1. The summed E-state index contributed by atoms with van der Waals surface area (Å²) in [5.41, 5.74) is 1.63. The van der Waals surface area contributed by atoms with Gasteiger partial charge in [-0.1, -0.05) is 6.92 Å². The van der Waals surface area contributed by atoms with Crippen molar-refractivity contribution in [1.82, 2.24) is 10.6 Å². The van der Waals surface area contributed by atoms with Crippen LogP contribution >= 0.6 is 0 Å². The van der Waals surface area contributed by atoms with Crippen molar-refractivity contribution in [2.24, 2.45) is 0 Å². The van der Waals surface area contributed by atoms with Crippen LogP contribution < -0.4 is 15.5 Å². The molecule has 0 aliphatic carbocycles. The fraction of sp³-hybridized carbons (Fsp3) is 0.500. The van der Waals surface area contributed by atoms with Crippen LogP contribution in [0.15, 0.2) is 24.3 Å². The normalized spacial score (nSPS) is 11.6. The summed E-state index contributed by atoms with van der Waals surface area (Å²) < 4.78 is 0. The zero-order valence-electron chi connectivity index (χ0n) is 13.3. The third kappa shape index (κ3) is 5.10. The molecule has 0 spiro atoms. The number of anilines is 1. The lowest BCUT2D eigenvalue weighted by Crippen LogP contribution is -2.44. The van der Waals surface area contributed by atoms with Crippen LogP contribution in [0.4, 0.5) is 5.69 Å². The fourth-order valence-electron chi connectivity index (χ4n) is 2.00. The van der Waals surface area contributed by atoms with E-state index in [1.54, 1.807) is 19.1 Å². The number of benzene rings is 1. The molecule has 0 bridgehead atoms. The van der Waals surface area contributed by atoms with Crippen molar-refractivity contribution >= 4 is 17.5 Å². The summed E-state index contributed by atoms with van der Waals surface area (Å²) in [6.45, 7) is 7.17. The predicted molar refractivity (Wildman–Crippen MR) is 85.6 cm³/mol. The molecule has 2 amide bonds. The topological polar surface area (TPSA) is 61.4 Å². The van der Waals surface area contributed by atoms with E-state index in [2.05, 4.69) is 22.5 Å². The zero-order valence-corrected chi connectivity index (χ0v) is 13.3. The Bertz CT molecular complexity index is 471. The molecule has 1 aromatic carbocycles. The molecular formula is C16H25N3O2. The molecule has 1 aromatic rings. The van der Waals surface area contributed by atoms with E-state index < -0.39 is 6.04 Å². The maximum Gasteiger partial charge on any atom is 0.251 e. The van der Waals surface area contributed by atoms with Gasteiger partial charge >= 0.3 is 0 Å². The van der Waals surface area contributed by atoms with E-state index in [1.165, 1.54) is 0 Å². The Kier molecular flexibility index (Phi) is 6.72. The van der Waals surface area contributed by atoms with Gasteiger partial charge in [0.15, 0.2) is 0 Å². The first kappa shape index (κ1) is 17.0. The molecule has 116 valence electrons. The molecule has 5 heteroatoms. The minimum atomic E-state index is -0.542. The van der Waals surface area contributed by atoms with Crippen molar-refractivity contribution in [3.63, 3.8) is 0 Å². The molecule has 1 unspecified atom stereocenters. The second kappa shape index (κ2) is 8.29. The molecule has 1 rings (SSSR count). The number of carbonyl (C=O) groups excluding carboxylic acids is 2. The summed E-state index contributed by atoms with van der Waals surface area (Å²) in [4.78, 5) is 25.8. The lowest BCUT2D eigenvalue weighted by atomic mass is 10.1. The average molecular weight is 291 g/mol. The molecule has 1 atom stereocenters. The van der Waals surface area contributed by atoms with Gasteiger partial charge in [-0.25, -0.2) is 0 Å². The summed E-state index contributed by atoms with van der Waals surface area (Å²) in [5.74, 6) is -0.413. The van der Waals surface area contributed by atoms with E-state index in [0.29, 0.717) is 12.1 Å². The minimum absolute atomic E-state index is 0.176. The lowest BCUT2D eigenvalue weighted by molar-refractivity contribution is -0.122.